The summed E-state index contributed by atoms with van der Waals surface area (Å²) in [7, 11) is 0. The van der Waals surface area contributed by atoms with E-state index in [1.54, 1.807) is 0 Å². The lowest BCUT2D eigenvalue weighted by Crippen LogP contribution is -2.35. The fraction of sp³-hybridized carbons (Fsp3) is 0.500. The lowest BCUT2D eigenvalue weighted by Gasteiger charge is -2.28. The molecule has 16 heavy (non-hydrogen) atoms. The maximum absolute atomic E-state index is 9.39. The largest absolute Gasteiger partial charge is 0.486 e. The Bertz CT molecular complexity index is 375. The first-order valence-corrected chi connectivity index (χ1v) is 5.41. The zero-order chi connectivity index (χ0) is 11.6. The summed E-state index contributed by atoms with van der Waals surface area (Å²) < 4.78 is 10.9. The van der Waals surface area contributed by atoms with E-state index in [1.807, 2.05) is 25.1 Å². The summed E-state index contributed by atoms with van der Waals surface area (Å²) in [4.78, 5) is 0. The third-order valence-corrected chi connectivity index (χ3v) is 3.04. The highest BCUT2D eigenvalue weighted by Gasteiger charge is 2.26. The molecule has 1 aliphatic rings. The van der Waals surface area contributed by atoms with Crippen molar-refractivity contribution in [1.29, 1.82) is 0 Å². The lowest BCUT2D eigenvalue weighted by molar-refractivity contribution is 0.170. The topological polar surface area (TPSA) is 64.7 Å². The Morgan fingerprint density at radius 3 is 2.62 bits per heavy atom. The second-order valence-electron chi connectivity index (χ2n) is 4.28. The maximum atomic E-state index is 9.39. The molecule has 0 saturated carbocycles. The number of rotatable bonds is 3. The van der Waals surface area contributed by atoms with E-state index in [0.717, 1.165) is 17.1 Å². The predicted octanol–water partition coefficient (Wildman–Crippen LogP) is 0.666. The van der Waals surface area contributed by atoms with Crippen LogP contribution in [0.4, 0.5) is 0 Å². The Balaban J connectivity index is 2.36. The van der Waals surface area contributed by atoms with Crippen LogP contribution in [0.1, 0.15) is 12.5 Å². The number of aliphatic hydroxyl groups excluding tert-OH is 1. The molecule has 1 aromatic rings. The Kier molecular flexibility index (Phi) is 3.03. The van der Waals surface area contributed by atoms with Gasteiger partial charge in [0.05, 0.1) is 6.61 Å². The van der Waals surface area contributed by atoms with Crippen LogP contribution in [-0.4, -0.2) is 31.5 Å². The molecule has 0 saturated heterocycles. The van der Waals surface area contributed by atoms with Gasteiger partial charge in [-0.25, -0.2) is 0 Å². The molecule has 0 radical (unpaired) electrons. The number of fused-ring (bicyclic) bond motifs is 1. The molecular formula is C12H17NO3. The molecule has 0 spiro atoms. The average Bonchev–Trinajstić information content (AvgIpc) is 2.37. The number of ether oxygens (including phenoxy) is 2. The first kappa shape index (κ1) is 11.2. The van der Waals surface area contributed by atoms with Crippen LogP contribution >= 0.6 is 0 Å². The van der Waals surface area contributed by atoms with Gasteiger partial charge in [-0.1, -0.05) is 13.0 Å². The number of nitrogens with two attached hydrogens (primary N) is 1. The molecule has 1 unspecified atom stereocenters. The minimum absolute atomic E-state index is 0.0170. The summed E-state index contributed by atoms with van der Waals surface area (Å²) in [6.07, 6.45) is 0. The van der Waals surface area contributed by atoms with Crippen LogP contribution in [0.5, 0.6) is 11.5 Å². The van der Waals surface area contributed by atoms with Crippen LogP contribution < -0.4 is 15.2 Å². The van der Waals surface area contributed by atoms with Crippen LogP contribution in [0.25, 0.3) is 0 Å². The molecule has 0 bridgehead atoms. The molecule has 1 atom stereocenters. The molecule has 0 fully saturated rings. The number of benzene rings is 1. The highest BCUT2D eigenvalue weighted by atomic mass is 16.6. The molecule has 3 N–H and O–H groups in total. The van der Waals surface area contributed by atoms with Crippen LogP contribution in [0.2, 0.25) is 0 Å². The van der Waals surface area contributed by atoms with E-state index >= 15 is 0 Å². The summed E-state index contributed by atoms with van der Waals surface area (Å²) in [5, 5.41) is 9.39. The maximum Gasteiger partial charge on any atom is 0.161 e. The summed E-state index contributed by atoms with van der Waals surface area (Å²) in [6.45, 7) is 3.49. The Labute approximate surface area is 95.0 Å². The smallest absolute Gasteiger partial charge is 0.161 e. The second kappa shape index (κ2) is 4.31. The van der Waals surface area contributed by atoms with E-state index in [2.05, 4.69) is 0 Å². The van der Waals surface area contributed by atoms with Crippen LogP contribution in [0.15, 0.2) is 18.2 Å². The summed E-state index contributed by atoms with van der Waals surface area (Å²) >= 11 is 0. The van der Waals surface area contributed by atoms with Crippen molar-refractivity contribution in [3.8, 4) is 11.5 Å². The molecular weight excluding hydrogens is 206 g/mol. The highest BCUT2D eigenvalue weighted by Crippen LogP contribution is 2.34. The minimum Gasteiger partial charge on any atom is -0.486 e. The zero-order valence-electron chi connectivity index (χ0n) is 9.40. The normalized spacial score (nSPS) is 17.9. The van der Waals surface area contributed by atoms with Gasteiger partial charge in [0, 0.05) is 12.0 Å². The monoisotopic (exact) mass is 223 g/mol. The summed E-state index contributed by atoms with van der Waals surface area (Å²) in [5.41, 5.74) is 6.25. The van der Waals surface area contributed by atoms with Crippen molar-refractivity contribution >= 4 is 0 Å². The number of hydrogen-bond acceptors (Lipinski definition) is 4. The van der Waals surface area contributed by atoms with E-state index < -0.39 is 5.41 Å². The quantitative estimate of drug-likeness (QED) is 0.790. The molecule has 0 amide bonds. The zero-order valence-corrected chi connectivity index (χ0v) is 9.40. The highest BCUT2D eigenvalue weighted by molar-refractivity contribution is 5.46. The van der Waals surface area contributed by atoms with Gasteiger partial charge in [-0.15, -0.1) is 0 Å². The molecule has 88 valence electrons. The van der Waals surface area contributed by atoms with Crippen molar-refractivity contribution in [2.45, 2.75) is 12.3 Å². The summed E-state index contributed by atoms with van der Waals surface area (Å²) in [5.74, 6) is 1.49. The fourth-order valence-electron chi connectivity index (χ4n) is 1.69. The van der Waals surface area contributed by atoms with Gasteiger partial charge in [-0.3, -0.25) is 0 Å². The van der Waals surface area contributed by atoms with Gasteiger partial charge in [0.25, 0.3) is 0 Å². The van der Waals surface area contributed by atoms with Crippen molar-refractivity contribution in [2.75, 3.05) is 26.4 Å². The van der Waals surface area contributed by atoms with Gasteiger partial charge >= 0.3 is 0 Å². The van der Waals surface area contributed by atoms with E-state index in [9.17, 15) is 5.11 Å². The van der Waals surface area contributed by atoms with Gasteiger partial charge in [-0.2, -0.15) is 0 Å². The molecule has 1 aliphatic heterocycles. The molecule has 4 heteroatoms. The number of aliphatic hydroxyl groups is 1. The van der Waals surface area contributed by atoms with E-state index in [0.29, 0.717) is 19.8 Å². The molecule has 1 aromatic carbocycles. The summed E-state index contributed by atoms with van der Waals surface area (Å²) in [6, 6.07) is 5.70. The van der Waals surface area contributed by atoms with Gasteiger partial charge in [0.1, 0.15) is 13.2 Å². The van der Waals surface area contributed by atoms with Crippen LogP contribution in [-0.2, 0) is 5.41 Å². The van der Waals surface area contributed by atoms with Crippen molar-refractivity contribution < 1.29 is 14.6 Å². The van der Waals surface area contributed by atoms with Crippen LogP contribution in [0, 0.1) is 0 Å². The van der Waals surface area contributed by atoms with Crippen molar-refractivity contribution in [1.82, 2.24) is 0 Å². The minimum atomic E-state index is -0.421. The SMILES string of the molecule is CC(CN)(CO)c1ccc2c(c1)OCCO2. The van der Waals surface area contributed by atoms with Crippen LogP contribution in [0.3, 0.4) is 0 Å². The Morgan fingerprint density at radius 1 is 1.31 bits per heavy atom. The van der Waals surface area contributed by atoms with Gasteiger partial charge in [-0.05, 0) is 17.7 Å². The van der Waals surface area contributed by atoms with Crippen molar-refractivity contribution in [3.05, 3.63) is 23.8 Å². The molecule has 4 nitrogen and oxygen atoms in total. The fourth-order valence-corrected chi connectivity index (χ4v) is 1.69. The third kappa shape index (κ3) is 1.86. The molecule has 2 rings (SSSR count). The van der Waals surface area contributed by atoms with Gasteiger partial charge in [0.15, 0.2) is 11.5 Å². The van der Waals surface area contributed by atoms with Gasteiger partial charge < -0.3 is 20.3 Å². The molecule has 1 heterocycles. The molecule has 0 aliphatic carbocycles. The van der Waals surface area contributed by atoms with E-state index in [-0.39, 0.29) is 6.61 Å². The average molecular weight is 223 g/mol. The van der Waals surface area contributed by atoms with Gasteiger partial charge in [0.2, 0.25) is 0 Å². The second-order valence-corrected chi connectivity index (χ2v) is 4.28. The number of hydrogen-bond donors (Lipinski definition) is 2. The standard InChI is InChI=1S/C12H17NO3/c1-12(7-13,8-14)9-2-3-10-11(6-9)16-5-4-15-10/h2-3,6,14H,4-5,7-8,13H2,1H3. The van der Waals surface area contributed by atoms with Crippen molar-refractivity contribution in [3.63, 3.8) is 0 Å². The third-order valence-electron chi connectivity index (χ3n) is 3.04. The van der Waals surface area contributed by atoms with E-state index in [1.165, 1.54) is 0 Å². The lowest BCUT2D eigenvalue weighted by atomic mass is 9.83. The Morgan fingerprint density at radius 2 is 2.00 bits per heavy atom. The predicted molar refractivity (Wildman–Crippen MR) is 60.9 cm³/mol. The Hall–Kier alpha value is -1.26. The van der Waals surface area contributed by atoms with E-state index in [4.69, 9.17) is 15.2 Å². The molecule has 0 aromatic heterocycles. The van der Waals surface area contributed by atoms with Crippen molar-refractivity contribution in [2.24, 2.45) is 5.73 Å². The first-order chi connectivity index (χ1) is 7.69. The first-order valence-electron chi connectivity index (χ1n) is 5.41.